The van der Waals surface area contributed by atoms with Crippen molar-refractivity contribution in [2.75, 3.05) is 33.2 Å². The summed E-state index contributed by atoms with van der Waals surface area (Å²) in [5.74, 6) is -2.51. The topological polar surface area (TPSA) is 81.1 Å². The lowest BCUT2D eigenvalue weighted by Gasteiger charge is -2.36. The number of nitrogens with zero attached hydrogens (tertiary/aromatic N) is 2. The summed E-state index contributed by atoms with van der Waals surface area (Å²) in [6.07, 6.45) is 3.49. The number of carboxylic acids is 2. The lowest BCUT2D eigenvalue weighted by Crippen LogP contribution is -2.43. The first-order valence-electron chi connectivity index (χ1n) is 9.59. The molecule has 2 aromatic carbocycles. The van der Waals surface area contributed by atoms with Gasteiger partial charge in [-0.1, -0.05) is 48.2 Å². The quantitative estimate of drug-likeness (QED) is 0.729. The molecule has 0 atom stereocenters. The van der Waals surface area contributed by atoms with Crippen molar-refractivity contribution >= 4 is 35.5 Å². The Kier molecular flexibility index (Phi) is 7.32. The summed E-state index contributed by atoms with van der Waals surface area (Å²) < 4.78 is 0. The van der Waals surface area contributed by atoms with E-state index in [4.69, 9.17) is 10.2 Å². The number of likely N-dealkylation sites (N-methyl/N-ethyl adjacent to an activating group) is 1. The molecule has 0 spiro atoms. The maximum Gasteiger partial charge on any atom is 0.328 e. The number of hydrogen-bond donors (Lipinski definition) is 2. The van der Waals surface area contributed by atoms with Crippen LogP contribution in [0.5, 0.6) is 0 Å². The van der Waals surface area contributed by atoms with Gasteiger partial charge in [0.15, 0.2) is 0 Å². The Morgan fingerprint density at radius 1 is 0.867 bits per heavy atom. The van der Waals surface area contributed by atoms with Crippen LogP contribution in [0.4, 0.5) is 0 Å². The zero-order valence-electron chi connectivity index (χ0n) is 16.7. The number of carboxylic acid groups (broad SMARTS) is 2. The van der Waals surface area contributed by atoms with E-state index < -0.39 is 11.9 Å². The second-order valence-corrected chi connectivity index (χ2v) is 8.05. The Morgan fingerprint density at radius 3 is 2.07 bits per heavy atom. The summed E-state index contributed by atoms with van der Waals surface area (Å²) in [4.78, 5) is 26.8. The smallest absolute Gasteiger partial charge is 0.328 e. The molecule has 0 saturated carbocycles. The van der Waals surface area contributed by atoms with Crippen LogP contribution < -0.4 is 0 Å². The minimum Gasteiger partial charge on any atom is -0.478 e. The minimum atomic E-state index is -1.26. The summed E-state index contributed by atoms with van der Waals surface area (Å²) in [6.45, 7) is 4.47. The van der Waals surface area contributed by atoms with E-state index in [-0.39, 0.29) is 0 Å². The summed E-state index contributed by atoms with van der Waals surface area (Å²) in [5.41, 5.74) is 4.08. The maximum absolute atomic E-state index is 9.55. The molecule has 6 nitrogen and oxygen atoms in total. The van der Waals surface area contributed by atoms with Crippen LogP contribution in [0.2, 0.25) is 0 Å². The summed E-state index contributed by atoms with van der Waals surface area (Å²) in [7, 11) is 2.21. The van der Waals surface area contributed by atoms with Gasteiger partial charge in [-0.3, -0.25) is 0 Å². The van der Waals surface area contributed by atoms with E-state index in [0.717, 1.165) is 26.2 Å². The molecule has 2 heterocycles. The lowest BCUT2D eigenvalue weighted by atomic mass is 10.1. The molecule has 2 aliphatic rings. The van der Waals surface area contributed by atoms with E-state index in [2.05, 4.69) is 71.5 Å². The number of piperazine rings is 1. The van der Waals surface area contributed by atoms with Crippen molar-refractivity contribution in [2.45, 2.75) is 9.79 Å². The van der Waals surface area contributed by atoms with Gasteiger partial charge in [-0.15, -0.1) is 0 Å². The average Bonchev–Trinajstić information content (AvgIpc) is 2.90. The standard InChI is InChI=1S/C19H20N2S.C4H4O4/c1-20-10-12-21(13-11-20)17-14-15-6-2-4-8-18(15)22-19-9-5-3-7-16(17)19;5-3(6)1-2-4(7)8/h2-9,14H,10-13H2,1H3;1-2H,(H,5,6)(H,7,8). The Balaban J connectivity index is 0.000000275. The zero-order valence-corrected chi connectivity index (χ0v) is 17.5. The Labute approximate surface area is 180 Å². The fourth-order valence-corrected chi connectivity index (χ4v) is 4.31. The molecule has 0 aromatic heterocycles. The predicted octanol–water partition coefficient (Wildman–Crippen LogP) is 3.61. The fraction of sp³-hybridized carbons (Fsp3) is 0.217. The van der Waals surface area contributed by atoms with Crippen molar-refractivity contribution in [1.29, 1.82) is 0 Å². The number of carbonyl (C=O) groups is 2. The van der Waals surface area contributed by atoms with Crippen molar-refractivity contribution in [3.8, 4) is 0 Å². The average molecular weight is 425 g/mol. The van der Waals surface area contributed by atoms with Gasteiger partial charge in [0.1, 0.15) is 0 Å². The van der Waals surface area contributed by atoms with Gasteiger partial charge < -0.3 is 20.0 Å². The molecule has 2 N–H and O–H groups in total. The first-order valence-corrected chi connectivity index (χ1v) is 10.4. The maximum atomic E-state index is 9.55. The lowest BCUT2D eigenvalue weighted by molar-refractivity contribution is -0.134. The zero-order chi connectivity index (χ0) is 21.5. The van der Waals surface area contributed by atoms with Crippen LogP contribution in [0.1, 0.15) is 11.1 Å². The molecule has 2 aromatic rings. The molecular formula is C23H24N2O4S. The van der Waals surface area contributed by atoms with Crippen LogP contribution in [0.3, 0.4) is 0 Å². The van der Waals surface area contributed by atoms with Gasteiger partial charge in [0, 0.05) is 59.4 Å². The van der Waals surface area contributed by atoms with E-state index in [0.29, 0.717) is 12.2 Å². The van der Waals surface area contributed by atoms with E-state index in [1.54, 1.807) is 0 Å². The Hall–Kier alpha value is -3.03. The van der Waals surface area contributed by atoms with Crippen molar-refractivity contribution in [1.82, 2.24) is 9.80 Å². The van der Waals surface area contributed by atoms with E-state index in [9.17, 15) is 9.59 Å². The third kappa shape index (κ3) is 5.75. The van der Waals surface area contributed by atoms with Crippen LogP contribution in [0, 0.1) is 0 Å². The van der Waals surface area contributed by atoms with Crippen molar-refractivity contribution in [3.63, 3.8) is 0 Å². The van der Waals surface area contributed by atoms with Crippen molar-refractivity contribution < 1.29 is 19.8 Å². The summed E-state index contributed by atoms with van der Waals surface area (Å²) in [6, 6.07) is 17.5. The van der Waals surface area contributed by atoms with Crippen molar-refractivity contribution in [3.05, 3.63) is 71.8 Å². The van der Waals surface area contributed by atoms with Gasteiger partial charge in [0.2, 0.25) is 0 Å². The SMILES string of the molecule is CN1CCN(C2=Cc3ccccc3Sc3ccccc32)CC1.O=C(O)C=CC(=O)O. The Morgan fingerprint density at radius 2 is 1.43 bits per heavy atom. The van der Waals surface area contributed by atoms with Crippen molar-refractivity contribution in [2.24, 2.45) is 0 Å². The highest BCUT2D eigenvalue weighted by molar-refractivity contribution is 7.99. The van der Waals surface area contributed by atoms with Crippen LogP contribution in [0.25, 0.3) is 11.8 Å². The molecule has 7 heteroatoms. The van der Waals surface area contributed by atoms with Gasteiger partial charge in [-0.25, -0.2) is 9.59 Å². The van der Waals surface area contributed by atoms with Gasteiger partial charge >= 0.3 is 11.9 Å². The third-order valence-corrected chi connectivity index (χ3v) is 5.97. The molecule has 0 aliphatic carbocycles. The molecule has 0 radical (unpaired) electrons. The van der Waals surface area contributed by atoms with Gasteiger partial charge in [-0.2, -0.15) is 0 Å². The number of hydrogen-bond acceptors (Lipinski definition) is 5. The molecule has 0 bridgehead atoms. The summed E-state index contributed by atoms with van der Waals surface area (Å²) in [5, 5.41) is 15.6. The Bertz CT molecular complexity index is 963. The minimum absolute atomic E-state index is 0.558. The highest BCUT2D eigenvalue weighted by Gasteiger charge is 2.22. The van der Waals surface area contributed by atoms with E-state index in [1.165, 1.54) is 26.6 Å². The molecule has 30 heavy (non-hydrogen) atoms. The molecule has 156 valence electrons. The van der Waals surface area contributed by atoms with Crippen LogP contribution in [-0.2, 0) is 9.59 Å². The number of benzene rings is 2. The molecule has 2 aliphatic heterocycles. The molecule has 1 saturated heterocycles. The molecule has 0 amide bonds. The molecular weight excluding hydrogens is 400 g/mol. The van der Waals surface area contributed by atoms with Crippen LogP contribution in [-0.4, -0.2) is 65.2 Å². The second kappa shape index (κ2) is 10.1. The second-order valence-electron chi connectivity index (χ2n) is 6.97. The third-order valence-electron chi connectivity index (χ3n) is 4.81. The largest absolute Gasteiger partial charge is 0.478 e. The highest BCUT2D eigenvalue weighted by Crippen LogP contribution is 2.41. The normalized spacial score (nSPS) is 15.9. The highest BCUT2D eigenvalue weighted by atomic mass is 32.2. The summed E-state index contributed by atoms with van der Waals surface area (Å²) >= 11 is 1.88. The van der Waals surface area contributed by atoms with Crippen LogP contribution in [0.15, 0.2) is 70.5 Å². The van der Waals surface area contributed by atoms with Gasteiger partial charge in [0.25, 0.3) is 0 Å². The first kappa shape index (κ1) is 21.7. The van der Waals surface area contributed by atoms with E-state index >= 15 is 0 Å². The van der Waals surface area contributed by atoms with Gasteiger partial charge in [-0.05, 0) is 30.8 Å². The predicted molar refractivity (Wildman–Crippen MR) is 118 cm³/mol. The number of fused-ring (bicyclic) bond motifs is 2. The van der Waals surface area contributed by atoms with Gasteiger partial charge in [0.05, 0.1) is 0 Å². The molecule has 0 unspecified atom stereocenters. The monoisotopic (exact) mass is 424 g/mol. The first-order chi connectivity index (χ1) is 14.4. The molecule has 1 fully saturated rings. The number of rotatable bonds is 3. The number of aliphatic carboxylic acids is 2. The fourth-order valence-electron chi connectivity index (χ4n) is 3.26. The molecule has 4 rings (SSSR count). The van der Waals surface area contributed by atoms with E-state index in [1.807, 2.05) is 11.8 Å². The van der Waals surface area contributed by atoms with Crippen LogP contribution >= 0.6 is 11.8 Å².